The van der Waals surface area contributed by atoms with Gasteiger partial charge in [-0.15, -0.1) is 24.0 Å². The molecule has 0 saturated heterocycles. The van der Waals surface area contributed by atoms with Crippen LogP contribution in [0.2, 0.25) is 0 Å². The number of anilines is 1. The van der Waals surface area contributed by atoms with Crippen LogP contribution in [0.3, 0.4) is 0 Å². The molecular weight excluding hydrogens is 493 g/mol. The number of halogens is 1. The molecule has 1 aromatic carbocycles. The van der Waals surface area contributed by atoms with Crippen LogP contribution in [-0.2, 0) is 14.8 Å². The molecule has 1 atom stereocenters. The number of nitrogens with one attached hydrogen (secondary N) is 4. The van der Waals surface area contributed by atoms with Gasteiger partial charge in [0.05, 0.1) is 12.3 Å². The molecule has 0 fully saturated rings. The summed E-state index contributed by atoms with van der Waals surface area (Å²) in [6.45, 7) is 5.80. The fourth-order valence-electron chi connectivity index (χ4n) is 2.83. The number of amides is 1. The highest BCUT2D eigenvalue weighted by Crippen LogP contribution is 2.31. The lowest BCUT2D eigenvalue weighted by Gasteiger charge is -2.24. The van der Waals surface area contributed by atoms with E-state index in [2.05, 4.69) is 25.7 Å². The van der Waals surface area contributed by atoms with Crippen LogP contribution in [0.1, 0.15) is 38.2 Å². The molecular formula is C18H30IN5O3S. The molecule has 2 rings (SSSR count). The van der Waals surface area contributed by atoms with Crippen LogP contribution in [0, 0.1) is 0 Å². The van der Waals surface area contributed by atoms with Crippen molar-refractivity contribution in [3.05, 3.63) is 29.8 Å². The number of rotatable bonds is 9. The highest BCUT2D eigenvalue weighted by Gasteiger charge is 2.24. The molecule has 1 aliphatic rings. The lowest BCUT2D eigenvalue weighted by atomic mass is 9.91. The summed E-state index contributed by atoms with van der Waals surface area (Å²) in [4.78, 5) is 16.5. The summed E-state index contributed by atoms with van der Waals surface area (Å²) in [6, 6.07) is 7.80. The van der Waals surface area contributed by atoms with Crippen molar-refractivity contribution in [3.63, 3.8) is 0 Å². The van der Waals surface area contributed by atoms with Crippen LogP contribution in [0.4, 0.5) is 5.69 Å². The standard InChI is InChI=1S/C18H29N5O3S.HI/c1-3-19-18(20-10-7-11-22-27(25,26)4-2)21-13-14-12-17(24)23-16-9-6-5-8-15(14)16;/h5-6,8-9,14,22H,3-4,7,10-13H2,1-2H3,(H,23,24)(H2,19,20,21);1H. The normalized spacial score (nSPS) is 16.6. The van der Waals surface area contributed by atoms with Gasteiger partial charge < -0.3 is 16.0 Å². The maximum atomic E-state index is 11.9. The lowest BCUT2D eigenvalue weighted by molar-refractivity contribution is -0.116. The zero-order chi connectivity index (χ0) is 19.7. The fourth-order valence-corrected chi connectivity index (χ4v) is 3.49. The molecule has 0 bridgehead atoms. The highest BCUT2D eigenvalue weighted by atomic mass is 127. The number of para-hydroxylation sites is 1. The van der Waals surface area contributed by atoms with E-state index in [1.165, 1.54) is 0 Å². The minimum atomic E-state index is -3.15. The Morgan fingerprint density at radius 3 is 2.68 bits per heavy atom. The van der Waals surface area contributed by atoms with E-state index < -0.39 is 10.0 Å². The average Bonchev–Trinajstić information content (AvgIpc) is 2.65. The van der Waals surface area contributed by atoms with Crippen molar-refractivity contribution in [3.8, 4) is 0 Å². The van der Waals surface area contributed by atoms with Crippen molar-refractivity contribution >= 4 is 51.6 Å². The molecule has 10 heteroatoms. The molecule has 0 aromatic heterocycles. The predicted molar refractivity (Wildman–Crippen MR) is 124 cm³/mol. The summed E-state index contributed by atoms with van der Waals surface area (Å²) in [7, 11) is -3.15. The van der Waals surface area contributed by atoms with E-state index in [9.17, 15) is 13.2 Å². The third kappa shape index (κ3) is 7.92. The number of guanidine groups is 1. The third-order valence-electron chi connectivity index (χ3n) is 4.27. The van der Waals surface area contributed by atoms with Crippen LogP contribution in [0.25, 0.3) is 0 Å². The zero-order valence-corrected chi connectivity index (χ0v) is 19.5. The quantitative estimate of drug-likeness (QED) is 0.170. The predicted octanol–water partition coefficient (Wildman–Crippen LogP) is 1.61. The number of fused-ring (bicyclic) bond motifs is 1. The van der Waals surface area contributed by atoms with Gasteiger partial charge in [0.1, 0.15) is 0 Å². The van der Waals surface area contributed by atoms with E-state index in [4.69, 9.17) is 0 Å². The molecule has 1 unspecified atom stereocenters. The van der Waals surface area contributed by atoms with Gasteiger partial charge in [0, 0.05) is 37.7 Å². The van der Waals surface area contributed by atoms with Crippen molar-refractivity contribution in [1.82, 2.24) is 15.4 Å². The van der Waals surface area contributed by atoms with Gasteiger partial charge in [-0.25, -0.2) is 13.1 Å². The first-order valence-electron chi connectivity index (χ1n) is 9.33. The van der Waals surface area contributed by atoms with E-state index >= 15 is 0 Å². The van der Waals surface area contributed by atoms with Crippen molar-refractivity contribution in [2.75, 3.05) is 37.2 Å². The Morgan fingerprint density at radius 1 is 1.21 bits per heavy atom. The maximum absolute atomic E-state index is 11.9. The monoisotopic (exact) mass is 523 g/mol. The molecule has 1 amide bonds. The van der Waals surface area contributed by atoms with Gasteiger partial charge in [-0.2, -0.15) is 0 Å². The van der Waals surface area contributed by atoms with Crippen LogP contribution in [-0.4, -0.2) is 52.2 Å². The number of sulfonamides is 1. The van der Waals surface area contributed by atoms with Crippen molar-refractivity contribution < 1.29 is 13.2 Å². The smallest absolute Gasteiger partial charge is 0.225 e. The second-order valence-electron chi connectivity index (χ2n) is 6.33. The minimum Gasteiger partial charge on any atom is -0.357 e. The Morgan fingerprint density at radius 2 is 1.96 bits per heavy atom. The van der Waals surface area contributed by atoms with Gasteiger partial charge >= 0.3 is 0 Å². The van der Waals surface area contributed by atoms with E-state index in [1.54, 1.807) is 6.92 Å². The van der Waals surface area contributed by atoms with Crippen LogP contribution >= 0.6 is 24.0 Å². The molecule has 0 aliphatic carbocycles. The van der Waals surface area contributed by atoms with Crippen molar-refractivity contribution in [2.45, 2.75) is 32.6 Å². The number of hydrogen-bond acceptors (Lipinski definition) is 4. The summed E-state index contributed by atoms with van der Waals surface area (Å²) in [5.41, 5.74) is 1.96. The number of aliphatic imine (C=N–C) groups is 1. The van der Waals surface area contributed by atoms with Crippen LogP contribution in [0.5, 0.6) is 0 Å². The molecule has 1 aliphatic heterocycles. The number of nitrogens with zero attached hydrogens (tertiary/aromatic N) is 1. The second-order valence-corrected chi connectivity index (χ2v) is 8.43. The average molecular weight is 523 g/mol. The van der Waals surface area contributed by atoms with Gasteiger partial charge in [-0.1, -0.05) is 18.2 Å². The second kappa shape index (κ2) is 12.2. The topological polar surface area (TPSA) is 112 Å². The molecule has 0 radical (unpaired) electrons. The SMILES string of the molecule is CCNC(=NCC1CC(=O)Nc2ccccc21)NCCCNS(=O)(=O)CC.I. The first-order valence-corrected chi connectivity index (χ1v) is 11.0. The number of hydrogen-bond donors (Lipinski definition) is 4. The third-order valence-corrected chi connectivity index (χ3v) is 5.67. The van der Waals surface area contributed by atoms with Gasteiger partial charge in [0.25, 0.3) is 0 Å². The maximum Gasteiger partial charge on any atom is 0.225 e. The lowest BCUT2D eigenvalue weighted by Crippen LogP contribution is -2.39. The number of benzene rings is 1. The Balaban J connectivity index is 0.00000392. The zero-order valence-electron chi connectivity index (χ0n) is 16.3. The van der Waals surface area contributed by atoms with E-state index in [0.717, 1.165) is 17.8 Å². The Labute approximate surface area is 184 Å². The Bertz CT molecular complexity index is 770. The Hall–Kier alpha value is -1.40. The fraction of sp³-hybridized carbons (Fsp3) is 0.556. The van der Waals surface area contributed by atoms with Crippen molar-refractivity contribution in [1.29, 1.82) is 0 Å². The first-order chi connectivity index (χ1) is 12.9. The summed E-state index contributed by atoms with van der Waals surface area (Å²) in [5.74, 6) is 0.803. The summed E-state index contributed by atoms with van der Waals surface area (Å²) >= 11 is 0. The molecule has 158 valence electrons. The van der Waals surface area contributed by atoms with E-state index in [1.807, 2.05) is 31.2 Å². The first kappa shape index (κ1) is 24.6. The van der Waals surface area contributed by atoms with Gasteiger partial charge in [0.15, 0.2) is 5.96 Å². The molecule has 28 heavy (non-hydrogen) atoms. The number of carbonyl (C=O) groups is 1. The van der Waals surface area contributed by atoms with E-state index in [-0.39, 0.29) is 41.6 Å². The minimum absolute atomic E-state index is 0. The van der Waals surface area contributed by atoms with Gasteiger partial charge in [0.2, 0.25) is 15.9 Å². The summed E-state index contributed by atoms with van der Waals surface area (Å²) in [5, 5.41) is 9.27. The molecule has 4 N–H and O–H groups in total. The largest absolute Gasteiger partial charge is 0.357 e. The number of carbonyl (C=O) groups excluding carboxylic acids is 1. The van der Waals surface area contributed by atoms with Crippen LogP contribution < -0.4 is 20.7 Å². The van der Waals surface area contributed by atoms with Crippen molar-refractivity contribution in [2.24, 2.45) is 4.99 Å². The highest BCUT2D eigenvalue weighted by molar-refractivity contribution is 14.0. The molecule has 0 saturated carbocycles. The van der Waals surface area contributed by atoms with Crippen LogP contribution in [0.15, 0.2) is 29.3 Å². The Kier molecular flexibility index (Phi) is 10.8. The molecule has 8 nitrogen and oxygen atoms in total. The summed E-state index contributed by atoms with van der Waals surface area (Å²) in [6.07, 6.45) is 1.07. The molecule has 1 aromatic rings. The molecule has 0 spiro atoms. The summed E-state index contributed by atoms with van der Waals surface area (Å²) < 4.78 is 25.3. The van der Waals surface area contributed by atoms with E-state index in [0.29, 0.717) is 38.4 Å². The van der Waals surface area contributed by atoms with Gasteiger partial charge in [-0.3, -0.25) is 9.79 Å². The van der Waals surface area contributed by atoms with Gasteiger partial charge in [-0.05, 0) is 31.9 Å². The molecule has 1 heterocycles.